The van der Waals surface area contributed by atoms with Crippen LogP contribution in [-0.2, 0) is 38.1 Å². The zero-order valence-corrected chi connectivity index (χ0v) is 18.8. The smallest absolute Gasteiger partial charge is 0.225 e. The van der Waals surface area contributed by atoms with Crippen LogP contribution in [0.2, 0.25) is 0 Å². The molecule has 32 heavy (non-hydrogen) atoms. The van der Waals surface area contributed by atoms with Crippen LogP contribution in [0.1, 0.15) is 19.3 Å². The van der Waals surface area contributed by atoms with Crippen LogP contribution in [-0.4, -0.2) is 108 Å². The van der Waals surface area contributed by atoms with E-state index in [1.54, 1.807) is 11.9 Å². The molecule has 1 aliphatic rings. The Balaban J connectivity index is 1.81. The van der Waals surface area contributed by atoms with E-state index in [-0.39, 0.29) is 56.1 Å². The SMILES string of the molecule is CN1CC(C(=O)NCCOCCOCCC(=O)NCCOCCOCCC(N)=O)CC1=O. The summed E-state index contributed by atoms with van der Waals surface area (Å²) in [7, 11) is 1.69. The molecule has 1 aliphatic heterocycles. The molecule has 4 N–H and O–H groups in total. The van der Waals surface area contributed by atoms with Gasteiger partial charge in [0.2, 0.25) is 23.6 Å². The number of rotatable bonds is 19. The Bertz CT molecular complexity index is 590. The van der Waals surface area contributed by atoms with Crippen molar-refractivity contribution in [3.8, 4) is 0 Å². The van der Waals surface area contributed by atoms with E-state index in [2.05, 4.69) is 10.6 Å². The Morgan fingerprint density at radius 1 is 0.875 bits per heavy atom. The van der Waals surface area contributed by atoms with Gasteiger partial charge in [-0.05, 0) is 0 Å². The molecule has 0 aromatic rings. The molecular formula is C20H36N4O8. The van der Waals surface area contributed by atoms with Crippen LogP contribution in [0.5, 0.6) is 0 Å². The van der Waals surface area contributed by atoms with Crippen LogP contribution in [0.3, 0.4) is 0 Å². The molecule has 0 aromatic heterocycles. The largest absolute Gasteiger partial charge is 0.379 e. The van der Waals surface area contributed by atoms with Gasteiger partial charge in [0.1, 0.15) is 0 Å². The number of nitrogens with one attached hydrogen (secondary N) is 2. The monoisotopic (exact) mass is 460 g/mol. The predicted octanol–water partition coefficient (Wildman–Crippen LogP) is -1.97. The number of carbonyl (C=O) groups is 4. The van der Waals surface area contributed by atoms with Crippen molar-refractivity contribution in [2.45, 2.75) is 19.3 Å². The number of carbonyl (C=O) groups excluding carboxylic acids is 4. The van der Waals surface area contributed by atoms with Crippen molar-refractivity contribution in [3.63, 3.8) is 0 Å². The molecule has 1 heterocycles. The maximum absolute atomic E-state index is 11.9. The van der Waals surface area contributed by atoms with Crippen molar-refractivity contribution in [1.29, 1.82) is 0 Å². The summed E-state index contributed by atoms with van der Waals surface area (Å²) in [6.45, 7) is 3.93. The van der Waals surface area contributed by atoms with Crippen molar-refractivity contribution in [3.05, 3.63) is 0 Å². The van der Waals surface area contributed by atoms with Crippen molar-refractivity contribution in [2.75, 3.05) is 79.5 Å². The predicted molar refractivity (Wildman–Crippen MR) is 113 cm³/mol. The van der Waals surface area contributed by atoms with Gasteiger partial charge < -0.3 is 40.2 Å². The van der Waals surface area contributed by atoms with E-state index in [1.807, 2.05) is 0 Å². The fourth-order valence-electron chi connectivity index (χ4n) is 2.76. The van der Waals surface area contributed by atoms with E-state index in [0.717, 1.165) is 0 Å². The molecule has 1 rings (SSSR count). The highest BCUT2D eigenvalue weighted by atomic mass is 16.5. The lowest BCUT2D eigenvalue weighted by Gasteiger charge is -2.11. The molecule has 0 saturated carbocycles. The molecule has 184 valence electrons. The minimum absolute atomic E-state index is 0.0131. The van der Waals surface area contributed by atoms with Crippen LogP contribution in [0, 0.1) is 5.92 Å². The van der Waals surface area contributed by atoms with Gasteiger partial charge in [0, 0.05) is 45.9 Å². The number of nitrogens with zero attached hydrogens (tertiary/aromatic N) is 1. The van der Waals surface area contributed by atoms with Gasteiger partial charge in [0.25, 0.3) is 0 Å². The first kappa shape index (κ1) is 27.8. The second-order valence-electron chi connectivity index (χ2n) is 7.23. The third-order valence-electron chi connectivity index (χ3n) is 4.54. The summed E-state index contributed by atoms with van der Waals surface area (Å²) >= 11 is 0. The molecule has 0 aromatic carbocycles. The number of primary amides is 1. The summed E-state index contributed by atoms with van der Waals surface area (Å²) in [4.78, 5) is 47.1. The number of nitrogens with two attached hydrogens (primary N) is 1. The van der Waals surface area contributed by atoms with Crippen LogP contribution in [0.15, 0.2) is 0 Å². The average Bonchev–Trinajstić information content (AvgIpc) is 3.09. The fraction of sp³-hybridized carbons (Fsp3) is 0.800. The summed E-state index contributed by atoms with van der Waals surface area (Å²) in [5.41, 5.74) is 4.98. The Hall–Kier alpha value is -2.28. The molecule has 0 bridgehead atoms. The lowest BCUT2D eigenvalue weighted by atomic mass is 10.1. The third kappa shape index (κ3) is 13.9. The van der Waals surface area contributed by atoms with E-state index < -0.39 is 5.91 Å². The average molecular weight is 461 g/mol. The number of amides is 4. The van der Waals surface area contributed by atoms with Crippen LogP contribution >= 0.6 is 0 Å². The molecule has 4 amide bonds. The maximum Gasteiger partial charge on any atom is 0.225 e. The van der Waals surface area contributed by atoms with Gasteiger partial charge >= 0.3 is 0 Å². The Morgan fingerprint density at radius 3 is 1.94 bits per heavy atom. The molecule has 1 atom stereocenters. The fourth-order valence-corrected chi connectivity index (χ4v) is 2.76. The van der Waals surface area contributed by atoms with Gasteiger partial charge in [-0.1, -0.05) is 0 Å². The minimum atomic E-state index is -0.404. The molecule has 0 radical (unpaired) electrons. The topological polar surface area (TPSA) is 159 Å². The van der Waals surface area contributed by atoms with E-state index in [0.29, 0.717) is 59.3 Å². The molecule has 12 heteroatoms. The first-order chi connectivity index (χ1) is 15.4. The van der Waals surface area contributed by atoms with Crippen LogP contribution in [0.25, 0.3) is 0 Å². The molecule has 1 unspecified atom stereocenters. The zero-order valence-electron chi connectivity index (χ0n) is 18.8. The summed E-state index contributed by atoms with van der Waals surface area (Å²) in [5, 5.41) is 5.47. The summed E-state index contributed by atoms with van der Waals surface area (Å²) in [6, 6.07) is 0. The van der Waals surface area contributed by atoms with Gasteiger partial charge in [0.05, 0.1) is 58.8 Å². The summed E-state index contributed by atoms with van der Waals surface area (Å²) < 4.78 is 21.1. The number of hydrogen-bond acceptors (Lipinski definition) is 8. The lowest BCUT2D eigenvalue weighted by molar-refractivity contribution is -0.128. The molecule has 12 nitrogen and oxygen atoms in total. The van der Waals surface area contributed by atoms with Gasteiger partial charge in [0.15, 0.2) is 0 Å². The number of likely N-dealkylation sites (tertiary alicyclic amines) is 1. The van der Waals surface area contributed by atoms with Crippen molar-refractivity contribution in [1.82, 2.24) is 15.5 Å². The lowest BCUT2D eigenvalue weighted by Crippen LogP contribution is -2.34. The summed E-state index contributed by atoms with van der Waals surface area (Å²) in [5.74, 6) is -0.972. The molecule has 0 spiro atoms. The second-order valence-corrected chi connectivity index (χ2v) is 7.23. The van der Waals surface area contributed by atoms with Gasteiger partial charge in [-0.3, -0.25) is 19.2 Å². The van der Waals surface area contributed by atoms with Gasteiger partial charge in [-0.15, -0.1) is 0 Å². The maximum atomic E-state index is 11.9. The molecule has 0 aliphatic carbocycles. The standard InChI is InChI=1S/C20H36N4O8/c1-24-15-16(14-19(24)27)20(28)23-5-9-32-13-11-30-7-3-18(26)22-4-8-31-12-10-29-6-2-17(21)25/h16H,2-15H2,1H3,(H2,21,25)(H,22,26)(H,23,28). The minimum Gasteiger partial charge on any atom is -0.379 e. The first-order valence-electron chi connectivity index (χ1n) is 10.8. The zero-order chi connectivity index (χ0) is 23.6. The van der Waals surface area contributed by atoms with E-state index in [1.165, 1.54) is 0 Å². The highest BCUT2D eigenvalue weighted by Gasteiger charge is 2.31. The summed E-state index contributed by atoms with van der Waals surface area (Å²) in [6.07, 6.45) is 0.679. The molecule has 1 saturated heterocycles. The first-order valence-corrected chi connectivity index (χ1v) is 10.8. The van der Waals surface area contributed by atoms with Crippen molar-refractivity contribution in [2.24, 2.45) is 11.7 Å². The number of ether oxygens (including phenoxy) is 4. The van der Waals surface area contributed by atoms with Gasteiger partial charge in [-0.2, -0.15) is 0 Å². The van der Waals surface area contributed by atoms with Crippen molar-refractivity contribution < 1.29 is 38.1 Å². The van der Waals surface area contributed by atoms with E-state index in [9.17, 15) is 19.2 Å². The normalized spacial score (nSPS) is 15.7. The molecular weight excluding hydrogens is 424 g/mol. The van der Waals surface area contributed by atoms with Crippen LogP contribution < -0.4 is 16.4 Å². The molecule has 1 fully saturated rings. The third-order valence-corrected chi connectivity index (χ3v) is 4.54. The van der Waals surface area contributed by atoms with Crippen molar-refractivity contribution >= 4 is 23.6 Å². The highest BCUT2D eigenvalue weighted by molar-refractivity contribution is 5.89. The Kier molecular flexibility index (Phi) is 15.0. The number of hydrogen-bond donors (Lipinski definition) is 3. The van der Waals surface area contributed by atoms with Crippen LogP contribution in [0.4, 0.5) is 0 Å². The second kappa shape index (κ2) is 17.3. The Labute approximate surface area is 188 Å². The van der Waals surface area contributed by atoms with E-state index in [4.69, 9.17) is 24.7 Å². The van der Waals surface area contributed by atoms with Gasteiger partial charge in [-0.25, -0.2) is 0 Å². The highest BCUT2D eigenvalue weighted by Crippen LogP contribution is 2.15. The Morgan fingerprint density at radius 2 is 1.41 bits per heavy atom. The van der Waals surface area contributed by atoms with E-state index >= 15 is 0 Å². The quantitative estimate of drug-likeness (QED) is 0.187.